The fourth-order valence-electron chi connectivity index (χ4n) is 2.10. The second-order valence-corrected chi connectivity index (χ2v) is 4.47. The maximum absolute atomic E-state index is 11.8. The van der Waals surface area contributed by atoms with Gasteiger partial charge in [0.2, 0.25) is 0 Å². The molecule has 106 valence electrons. The van der Waals surface area contributed by atoms with Crippen LogP contribution in [0.4, 0.5) is 0 Å². The zero-order valence-electron chi connectivity index (χ0n) is 10.5. The number of nitrogens with zero attached hydrogens (tertiary/aromatic N) is 1. The molecule has 1 saturated heterocycles. The van der Waals surface area contributed by atoms with Gasteiger partial charge in [-0.1, -0.05) is 0 Å². The number of hydrogen-bond donors (Lipinski definition) is 3. The molecule has 2 rings (SSSR count). The van der Waals surface area contributed by atoms with Gasteiger partial charge in [-0.2, -0.15) is 0 Å². The lowest BCUT2D eigenvalue weighted by atomic mass is 10.1. The molecule has 0 amide bonds. The van der Waals surface area contributed by atoms with E-state index in [1.54, 1.807) is 0 Å². The average molecular weight is 271 g/mol. The Morgan fingerprint density at radius 1 is 1.63 bits per heavy atom. The second kappa shape index (κ2) is 5.66. The van der Waals surface area contributed by atoms with Crippen LogP contribution in [0.15, 0.2) is 15.8 Å². The number of nitrogens with one attached hydrogen (secondary N) is 1. The van der Waals surface area contributed by atoms with Crippen LogP contribution in [0.2, 0.25) is 0 Å². The first kappa shape index (κ1) is 13.9. The summed E-state index contributed by atoms with van der Waals surface area (Å²) in [6, 6.07) is -0.347. The highest BCUT2D eigenvalue weighted by Gasteiger charge is 2.33. The molecule has 3 atom stereocenters. The summed E-state index contributed by atoms with van der Waals surface area (Å²) in [7, 11) is 1.46. The summed E-state index contributed by atoms with van der Waals surface area (Å²) >= 11 is 0. The average Bonchev–Trinajstić information content (AvgIpc) is 2.74. The van der Waals surface area contributed by atoms with Crippen LogP contribution in [0, 0.1) is 0 Å². The van der Waals surface area contributed by atoms with E-state index in [9.17, 15) is 9.59 Å². The van der Waals surface area contributed by atoms with E-state index >= 15 is 0 Å². The van der Waals surface area contributed by atoms with Gasteiger partial charge in [-0.05, 0) is 0 Å². The van der Waals surface area contributed by atoms with Gasteiger partial charge in [-0.15, -0.1) is 0 Å². The second-order valence-electron chi connectivity index (χ2n) is 4.47. The van der Waals surface area contributed by atoms with Crippen molar-refractivity contribution in [3.05, 3.63) is 32.6 Å². The van der Waals surface area contributed by atoms with E-state index in [-0.39, 0.29) is 19.3 Å². The quantitative estimate of drug-likeness (QED) is 0.600. The van der Waals surface area contributed by atoms with Crippen molar-refractivity contribution in [2.24, 2.45) is 5.73 Å². The van der Waals surface area contributed by atoms with Crippen molar-refractivity contribution in [2.75, 3.05) is 13.7 Å². The zero-order valence-corrected chi connectivity index (χ0v) is 10.5. The van der Waals surface area contributed by atoms with Gasteiger partial charge in [0.05, 0.1) is 24.9 Å². The van der Waals surface area contributed by atoms with Gasteiger partial charge in [0.1, 0.15) is 6.23 Å². The van der Waals surface area contributed by atoms with Gasteiger partial charge in [0, 0.05) is 25.8 Å². The Morgan fingerprint density at radius 2 is 2.37 bits per heavy atom. The summed E-state index contributed by atoms with van der Waals surface area (Å²) in [5.74, 6) is 0. The molecule has 1 aromatic rings. The number of hydrogen-bond acceptors (Lipinski definition) is 6. The van der Waals surface area contributed by atoms with Gasteiger partial charge in [-0.25, -0.2) is 4.79 Å². The molecule has 0 spiro atoms. The van der Waals surface area contributed by atoms with Gasteiger partial charge in [0.15, 0.2) is 0 Å². The largest absolute Gasteiger partial charge is 0.394 e. The van der Waals surface area contributed by atoms with Crippen LogP contribution in [-0.4, -0.2) is 40.5 Å². The molecule has 0 unspecified atom stereocenters. The van der Waals surface area contributed by atoms with E-state index < -0.39 is 23.6 Å². The highest BCUT2D eigenvalue weighted by Crippen LogP contribution is 2.25. The van der Waals surface area contributed by atoms with Gasteiger partial charge < -0.3 is 20.3 Å². The minimum Gasteiger partial charge on any atom is -0.394 e. The number of H-pyrrole nitrogens is 1. The maximum Gasteiger partial charge on any atom is 0.330 e. The van der Waals surface area contributed by atoms with Crippen molar-refractivity contribution in [1.82, 2.24) is 9.55 Å². The third-order valence-corrected chi connectivity index (χ3v) is 3.11. The van der Waals surface area contributed by atoms with E-state index in [4.69, 9.17) is 20.3 Å². The molecule has 0 aromatic carbocycles. The van der Waals surface area contributed by atoms with Gasteiger partial charge in [0.25, 0.3) is 5.56 Å². The lowest BCUT2D eigenvalue weighted by Gasteiger charge is -2.15. The van der Waals surface area contributed by atoms with Crippen LogP contribution in [0.3, 0.4) is 0 Å². The first-order chi connectivity index (χ1) is 9.06. The summed E-state index contributed by atoms with van der Waals surface area (Å²) in [5, 5.41) is 9.08. The lowest BCUT2D eigenvalue weighted by molar-refractivity contribution is -0.0273. The van der Waals surface area contributed by atoms with Crippen LogP contribution < -0.4 is 17.0 Å². The van der Waals surface area contributed by atoms with Crippen molar-refractivity contribution in [3.63, 3.8) is 0 Å². The standard InChI is InChI=1S/C11H17N3O5/c1-18-5-6-3-14(11(17)13-10(6)16)9-2-7(12)8(4-15)19-9/h3,7-9,15H,2,4-5,12H2,1H3,(H,13,16,17)/t7-,8+,9+/m0/s1. The Balaban J connectivity index is 2.33. The molecule has 0 saturated carbocycles. The summed E-state index contributed by atoms with van der Waals surface area (Å²) in [6.07, 6.45) is 0.701. The van der Waals surface area contributed by atoms with Crippen molar-refractivity contribution < 1.29 is 14.6 Å². The number of aromatic nitrogens is 2. The van der Waals surface area contributed by atoms with Crippen LogP contribution in [0.1, 0.15) is 18.2 Å². The van der Waals surface area contributed by atoms with Crippen molar-refractivity contribution in [3.8, 4) is 0 Å². The molecular formula is C11H17N3O5. The van der Waals surface area contributed by atoms with Gasteiger partial charge in [-0.3, -0.25) is 14.3 Å². The summed E-state index contributed by atoms with van der Waals surface area (Å²) in [5.41, 5.74) is 5.07. The number of aliphatic hydroxyl groups is 1. The van der Waals surface area contributed by atoms with Gasteiger partial charge >= 0.3 is 5.69 Å². The third-order valence-electron chi connectivity index (χ3n) is 3.11. The molecule has 0 radical (unpaired) electrons. The predicted octanol–water partition coefficient (Wildman–Crippen LogP) is -1.71. The highest BCUT2D eigenvalue weighted by atomic mass is 16.5. The maximum atomic E-state index is 11.8. The summed E-state index contributed by atoms with van der Waals surface area (Å²) < 4.78 is 11.6. The van der Waals surface area contributed by atoms with E-state index in [2.05, 4.69) is 4.98 Å². The molecule has 4 N–H and O–H groups in total. The molecule has 1 fully saturated rings. The first-order valence-electron chi connectivity index (χ1n) is 5.92. The molecule has 1 aliphatic heterocycles. The topological polar surface area (TPSA) is 120 Å². The minimum atomic E-state index is -0.591. The Hall–Kier alpha value is -1.48. The van der Waals surface area contributed by atoms with E-state index in [1.165, 1.54) is 17.9 Å². The van der Waals surface area contributed by atoms with Crippen LogP contribution >= 0.6 is 0 Å². The SMILES string of the molecule is COCc1cn([C@H]2C[C@H](N)[C@@H](CO)O2)c(=O)[nH]c1=O. The number of aliphatic hydroxyl groups excluding tert-OH is 1. The Bertz CT molecular complexity index is 552. The number of rotatable bonds is 4. The normalized spacial score (nSPS) is 26.8. The molecule has 8 nitrogen and oxygen atoms in total. The molecular weight excluding hydrogens is 254 g/mol. The molecule has 0 aliphatic carbocycles. The molecule has 8 heteroatoms. The number of aromatic amines is 1. The molecule has 1 aromatic heterocycles. The van der Waals surface area contributed by atoms with Crippen molar-refractivity contribution >= 4 is 0 Å². The Labute approximate surface area is 108 Å². The van der Waals surface area contributed by atoms with Crippen LogP contribution in [0.5, 0.6) is 0 Å². The van der Waals surface area contributed by atoms with Crippen molar-refractivity contribution in [2.45, 2.75) is 31.4 Å². The molecule has 0 bridgehead atoms. The minimum absolute atomic E-state index is 0.0951. The summed E-state index contributed by atoms with van der Waals surface area (Å²) in [4.78, 5) is 25.5. The fraction of sp³-hybridized carbons (Fsp3) is 0.636. The van der Waals surface area contributed by atoms with Crippen molar-refractivity contribution in [1.29, 1.82) is 0 Å². The smallest absolute Gasteiger partial charge is 0.330 e. The third kappa shape index (κ3) is 2.76. The first-order valence-corrected chi connectivity index (χ1v) is 5.92. The zero-order chi connectivity index (χ0) is 14.0. The van der Waals surface area contributed by atoms with Crippen LogP contribution in [-0.2, 0) is 16.1 Å². The van der Waals surface area contributed by atoms with E-state index in [0.29, 0.717) is 12.0 Å². The number of methoxy groups -OCH3 is 1. The summed E-state index contributed by atoms with van der Waals surface area (Å²) in [6.45, 7) is -0.113. The Morgan fingerprint density at radius 3 is 2.95 bits per heavy atom. The fourth-order valence-corrected chi connectivity index (χ4v) is 2.10. The lowest BCUT2D eigenvalue weighted by Crippen LogP contribution is -2.34. The monoisotopic (exact) mass is 271 g/mol. The van der Waals surface area contributed by atoms with E-state index in [0.717, 1.165) is 0 Å². The van der Waals surface area contributed by atoms with Crippen LogP contribution in [0.25, 0.3) is 0 Å². The molecule has 19 heavy (non-hydrogen) atoms. The number of ether oxygens (including phenoxy) is 2. The molecule has 2 heterocycles. The highest BCUT2D eigenvalue weighted by molar-refractivity contribution is 5.04. The Kier molecular flexibility index (Phi) is 4.15. The number of nitrogens with two attached hydrogens (primary N) is 1. The van der Waals surface area contributed by atoms with E-state index in [1.807, 2.05) is 0 Å². The predicted molar refractivity (Wildman–Crippen MR) is 65.6 cm³/mol. The molecule has 1 aliphatic rings.